The average molecular weight is 378 g/mol. The lowest BCUT2D eigenvalue weighted by atomic mass is 9.89. The molecule has 6 nitrogen and oxygen atoms in total. The fourth-order valence-corrected chi connectivity index (χ4v) is 4.53. The highest BCUT2D eigenvalue weighted by Gasteiger charge is 2.34. The van der Waals surface area contributed by atoms with Crippen molar-refractivity contribution in [1.29, 1.82) is 0 Å². The Kier molecular flexibility index (Phi) is 4.64. The maximum Gasteiger partial charge on any atom is 0.156 e. The van der Waals surface area contributed by atoms with E-state index in [9.17, 15) is 0 Å². The molecule has 1 aliphatic carbocycles. The van der Waals surface area contributed by atoms with Crippen LogP contribution in [0.15, 0.2) is 54.4 Å². The molecule has 1 unspecified atom stereocenters. The SMILES string of the molecule is Cn1cc(-c2ccc(CN3CCC[C@@H]3C3C=CC4=C(C3)OCCO4)nc2)cn1. The lowest BCUT2D eigenvalue weighted by molar-refractivity contribution is 0.0542. The lowest BCUT2D eigenvalue weighted by Crippen LogP contribution is -2.36. The summed E-state index contributed by atoms with van der Waals surface area (Å²) in [5, 5.41) is 4.24. The number of likely N-dealkylation sites (tertiary alicyclic amines) is 1. The number of allylic oxidation sites excluding steroid dienone is 2. The Balaban J connectivity index is 1.26. The van der Waals surface area contributed by atoms with Gasteiger partial charge in [0.05, 0.1) is 11.9 Å². The fraction of sp³-hybridized carbons (Fsp3) is 0.455. The number of hydrogen-bond acceptors (Lipinski definition) is 5. The third-order valence-electron chi connectivity index (χ3n) is 5.94. The molecular formula is C22H26N4O2. The highest BCUT2D eigenvalue weighted by Crippen LogP contribution is 2.35. The van der Waals surface area contributed by atoms with E-state index in [4.69, 9.17) is 14.5 Å². The number of hydrogen-bond donors (Lipinski definition) is 0. The summed E-state index contributed by atoms with van der Waals surface area (Å²) < 4.78 is 13.4. The van der Waals surface area contributed by atoms with Crippen molar-refractivity contribution in [3.63, 3.8) is 0 Å². The predicted molar refractivity (Wildman–Crippen MR) is 106 cm³/mol. The Morgan fingerprint density at radius 2 is 2.07 bits per heavy atom. The van der Waals surface area contributed by atoms with Crippen molar-refractivity contribution in [1.82, 2.24) is 19.7 Å². The van der Waals surface area contributed by atoms with Crippen LogP contribution in [0.1, 0.15) is 25.0 Å². The molecule has 0 aromatic carbocycles. The van der Waals surface area contributed by atoms with Crippen LogP contribution in [0.2, 0.25) is 0 Å². The summed E-state index contributed by atoms with van der Waals surface area (Å²) in [6, 6.07) is 4.83. The van der Waals surface area contributed by atoms with E-state index >= 15 is 0 Å². The van der Waals surface area contributed by atoms with Gasteiger partial charge in [-0.25, -0.2) is 0 Å². The van der Waals surface area contributed by atoms with Crippen LogP contribution in [0.3, 0.4) is 0 Å². The van der Waals surface area contributed by atoms with Crippen LogP contribution in [-0.4, -0.2) is 45.5 Å². The summed E-state index contributed by atoms with van der Waals surface area (Å²) >= 11 is 0. The molecule has 146 valence electrons. The second-order valence-electron chi connectivity index (χ2n) is 7.83. The van der Waals surface area contributed by atoms with Crippen molar-refractivity contribution in [2.24, 2.45) is 13.0 Å². The van der Waals surface area contributed by atoms with Gasteiger partial charge in [-0.05, 0) is 37.4 Å². The number of pyridine rings is 1. The highest BCUT2D eigenvalue weighted by molar-refractivity contribution is 5.60. The van der Waals surface area contributed by atoms with Gasteiger partial charge in [0, 0.05) is 49.6 Å². The zero-order valence-corrected chi connectivity index (χ0v) is 16.3. The van der Waals surface area contributed by atoms with Crippen LogP contribution in [0.25, 0.3) is 11.1 Å². The van der Waals surface area contributed by atoms with Crippen molar-refractivity contribution in [2.75, 3.05) is 19.8 Å². The minimum atomic E-state index is 0.484. The van der Waals surface area contributed by atoms with Gasteiger partial charge < -0.3 is 9.47 Å². The molecule has 0 amide bonds. The van der Waals surface area contributed by atoms with Crippen molar-refractivity contribution in [2.45, 2.75) is 31.8 Å². The quantitative estimate of drug-likeness (QED) is 0.817. The Bertz CT molecular complexity index is 900. The minimum Gasteiger partial charge on any atom is -0.490 e. The number of aromatic nitrogens is 3. The zero-order valence-electron chi connectivity index (χ0n) is 16.3. The molecule has 4 heterocycles. The molecule has 0 spiro atoms. The van der Waals surface area contributed by atoms with E-state index in [1.165, 1.54) is 12.8 Å². The third-order valence-corrected chi connectivity index (χ3v) is 5.94. The van der Waals surface area contributed by atoms with Gasteiger partial charge in [-0.3, -0.25) is 14.6 Å². The van der Waals surface area contributed by atoms with Crippen LogP contribution in [0, 0.1) is 5.92 Å². The molecule has 0 bridgehead atoms. The van der Waals surface area contributed by atoms with Crippen LogP contribution >= 0.6 is 0 Å². The normalized spacial score (nSPS) is 24.8. The Labute approximate surface area is 165 Å². The summed E-state index contributed by atoms with van der Waals surface area (Å²) in [5.74, 6) is 2.45. The van der Waals surface area contributed by atoms with Crippen molar-refractivity contribution in [3.8, 4) is 11.1 Å². The molecule has 2 atom stereocenters. The summed E-state index contributed by atoms with van der Waals surface area (Å²) in [7, 11) is 1.93. The first-order chi connectivity index (χ1) is 13.8. The van der Waals surface area contributed by atoms with E-state index in [0.29, 0.717) is 25.2 Å². The first-order valence-corrected chi connectivity index (χ1v) is 10.1. The average Bonchev–Trinajstić information content (AvgIpc) is 3.37. The third kappa shape index (κ3) is 3.44. The minimum absolute atomic E-state index is 0.484. The maximum atomic E-state index is 5.85. The summed E-state index contributed by atoms with van der Waals surface area (Å²) in [6.45, 7) is 3.35. The molecule has 2 aliphatic heterocycles. The number of aryl methyl sites for hydroxylation is 1. The van der Waals surface area contributed by atoms with Crippen LogP contribution < -0.4 is 0 Å². The monoisotopic (exact) mass is 378 g/mol. The van der Waals surface area contributed by atoms with Crippen LogP contribution in [-0.2, 0) is 23.1 Å². The number of rotatable bonds is 4. The van der Waals surface area contributed by atoms with Crippen molar-refractivity contribution in [3.05, 3.63) is 60.1 Å². The molecule has 5 rings (SSSR count). The summed E-state index contributed by atoms with van der Waals surface area (Å²) in [6.07, 6.45) is 13.7. The van der Waals surface area contributed by atoms with Gasteiger partial charge in [0.15, 0.2) is 5.76 Å². The number of nitrogens with zero attached hydrogens (tertiary/aromatic N) is 4. The molecule has 6 heteroatoms. The highest BCUT2D eigenvalue weighted by atomic mass is 16.6. The Hall–Kier alpha value is -2.60. The topological polar surface area (TPSA) is 52.4 Å². The molecular weight excluding hydrogens is 352 g/mol. The first kappa shape index (κ1) is 17.5. The van der Waals surface area contributed by atoms with E-state index in [1.807, 2.05) is 30.3 Å². The van der Waals surface area contributed by atoms with Gasteiger partial charge in [0.1, 0.15) is 19.0 Å². The smallest absolute Gasteiger partial charge is 0.156 e. The van der Waals surface area contributed by atoms with E-state index in [2.05, 4.69) is 34.3 Å². The largest absolute Gasteiger partial charge is 0.490 e. The standard InChI is InChI=1S/C22H26N4O2/c1-25-14-18(13-24-25)17-4-6-19(23-12-17)15-26-8-2-3-20(26)16-5-7-21-22(11-16)28-10-9-27-21/h4-7,12-14,16,20H,2-3,8-11,15H2,1H3/t16?,20-/m1/s1. The molecule has 1 saturated heterocycles. The van der Waals surface area contributed by atoms with Crippen molar-refractivity contribution < 1.29 is 9.47 Å². The predicted octanol–water partition coefficient (Wildman–Crippen LogP) is 3.28. The second-order valence-corrected chi connectivity index (χ2v) is 7.83. The van der Waals surface area contributed by atoms with Gasteiger partial charge in [-0.1, -0.05) is 12.1 Å². The molecule has 1 fully saturated rings. The molecule has 3 aliphatic rings. The number of ether oxygens (including phenoxy) is 2. The van der Waals surface area contributed by atoms with Gasteiger partial charge in [0.2, 0.25) is 0 Å². The van der Waals surface area contributed by atoms with Gasteiger partial charge in [-0.2, -0.15) is 5.10 Å². The van der Waals surface area contributed by atoms with E-state index in [0.717, 1.165) is 47.8 Å². The van der Waals surface area contributed by atoms with Crippen molar-refractivity contribution >= 4 is 0 Å². The van der Waals surface area contributed by atoms with Gasteiger partial charge in [0.25, 0.3) is 0 Å². The first-order valence-electron chi connectivity index (χ1n) is 10.1. The van der Waals surface area contributed by atoms with Crippen LogP contribution in [0.5, 0.6) is 0 Å². The van der Waals surface area contributed by atoms with Gasteiger partial charge in [-0.15, -0.1) is 0 Å². The lowest BCUT2D eigenvalue weighted by Gasteiger charge is -2.33. The van der Waals surface area contributed by atoms with Gasteiger partial charge >= 0.3 is 0 Å². The zero-order chi connectivity index (χ0) is 18.9. The van der Waals surface area contributed by atoms with E-state index in [1.54, 1.807) is 0 Å². The summed E-state index contributed by atoms with van der Waals surface area (Å²) in [5.41, 5.74) is 3.34. The molecule has 0 N–H and O–H groups in total. The Morgan fingerprint density at radius 1 is 1.14 bits per heavy atom. The molecule has 2 aromatic rings. The fourth-order valence-electron chi connectivity index (χ4n) is 4.53. The summed E-state index contributed by atoms with van der Waals surface area (Å²) in [4.78, 5) is 7.30. The van der Waals surface area contributed by atoms with E-state index < -0.39 is 0 Å². The second kappa shape index (κ2) is 7.43. The Morgan fingerprint density at radius 3 is 2.89 bits per heavy atom. The molecule has 0 saturated carbocycles. The molecule has 28 heavy (non-hydrogen) atoms. The van der Waals surface area contributed by atoms with Crippen LogP contribution in [0.4, 0.5) is 0 Å². The maximum absolute atomic E-state index is 5.85. The van der Waals surface area contributed by atoms with E-state index in [-0.39, 0.29) is 0 Å². The molecule has 0 radical (unpaired) electrons. The molecule has 2 aromatic heterocycles.